The molecule has 4 rings (SSSR count). The van der Waals surface area contributed by atoms with Crippen LogP contribution in [0.15, 0.2) is 23.1 Å². The van der Waals surface area contributed by atoms with Crippen molar-refractivity contribution < 1.29 is 14.1 Å². The van der Waals surface area contributed by atoms with Crippen molar-refractivity contribution >= 4 is 5.91 Å². The molecule has 8 heteroatoms. The number of fused-ring (bicyclic) bond motifs is 1. The summed E-state index contributed by atoms with van der Waals surface area (Å²) in [6, 6.07) is 0.170. The number of nitrogens with zero attached hydrogens (tertiary/aromatic N) is 5. The molecule has 8 nitrogen and oxygen atoms in total. The van der Waals surface area contributed by atoms with Crippen LogP contribution in [-0.4, -0.2) is 69.2 Å². The summed E-state index contributed by atoms with van der Waals surface area (Å²) < 4.78 is 11.2. The zero-order chi connectivity index (χ0) is 17.4. The smallest absolute Gasteiger partial charge is 0.274 e. The van der Waals surface area contributed by atoms with Crippen LogP contribution >= 0.6 is 0 Å². The number of carbonyl (C=O) groups excluding carboxylic acids is 1. The van der Waals surface area contributed by atoms with Gasteiger partial charge < -0.3 is 14.2 Å². The average molecular weight is 343 g/mol. The molecule has 25 heavy (non-hydrogen) atoms. The van der Waals surface area contributed by atoms with Gasteiger partial charge in [-0.1, -0.05) is 5.16 Å². The first-order chi connectivity index (χ1) is 12.1. The first-order valence-electron chi connectivity index (χ1n) is 8.46. The molecule has 2 aliphatic heterocycles. The standard InChI is InChI=1S/C17H21N5O3/c1-11-13(12(2)25-20-11)8-21-5-6-24-16-10-22(9-15(16)21)17(23)14-7-18-3-4-19-14/h3-4,7,15-16H,5-6,8-10H2,1-2H3/t15-,16+/m1/s1. The predicted molar refractivity (Wildman–Crippen MR) is 87.9 cm³/mol. The number of aryl methyl sites for hydroxylation is 2. The van der Waals surface area contributed by atoms with Gasteiger partial charge in [0.15, 0.2) is 0 Å². The third kappa shape index (κ3) is 3.03. The second-order valence-corrected chi connectivity index (χ2v) is 6.55. The summed E-state index contributed by atoms with van der Waals surface area (Å²) in [6.07, 6.45) is 4.63. The molecule has 0 radical (unpaired) electrons. The lowest BCUT2D eigenvalue weighted by Crippen LogP contribution is -2.50. The molecule has 2 fully saturated rings. The van der Waals surface area contributed by atoms with Gasteiger partial charge in [0.1, 0.15) is 11.5 Å². The number of hydrogen-bond acceptors (Lipinski definition) is 7. The Morgan fingerprint density at radius 1 is 1.32 bits per heavy atom. The SMILES string of the molecule is Cc1noc(C)c1CN1CCO[C@H]2CN(C(=O)c3cnccn3)C[C@H]21. The van der Waals surface area contributed by atoms with E-state index in [2.05, 4.69) is 20.0 Å². The van der Waals surface area contributed by atoms with Gasteiger partial charge >= 0.3 is 0 Å². The van der Waals surface area contributed by atoms with Crippen LogP contribution in [0, 0.1) is 13.8 Å². The van der Waals surface area contributed by atoms with Crippen LogP contribution in [-0.2, 0) is 11.3 Å². The molecule has 0 unspecified atom stereocenters. The quantitative estimate of drug-likeness (QED) is 0.815. The van der Waals surface area contributed by atoms with Crippen LogP contribution in [0.3, 0.4) is 0 Å². The van der Waals surface area contributed by atoms with E-state index in [9.17, 15) is 4.79 Å². The monoisotopic (exact) mass is 343 g/mol. The van der Waals surface area contributed by atoms with Crippen molar-refractivity contribution in [3.63, 3.8) is 0 Å². The molecule has 132 valence electrons. The predicted octanol–water partition coefficient (Wildman–Crippen LogP) is 0.807. The largest absolute Gasteiger partial charge is 0.373 e. The average Bonchev–Trinajstić information content (AvgIpc) is 3.21. The molecule has 1 amide bonds. The van der Waals surface area contributed by atoms with Crippen LogP contribution in [0.2, 0.25) is 0 Å². The van der Waals surface area contributed by atoms with Crippen LogP contribution in [0.4, 0.5) is 0 Å². The molecule has 0 saturated carbocycles. The summed E-state index contributed by atoms with van der Waals surface area (Å²) in [7, 11) is 0. The summed E-state index contributed by atoms with van der Waals surface area (Å²) >= 11 is 0. The Bertz CT molecular complexity index is 743. The van der Waals surface area contributed by atoms with E-state index in [1.807, 2.05) is 18.7 Å². The highest BCUT2D eigenvalue weighted by atomic mass is 16.5. The van der Waals surface area contributed by atoms with Gasteiger partial charge in [0.25, 0.3) is 5.91 Å². The normalized spacial score (nSPS) is 23.7. The van der Waals surface area contributed by atoms with Gasteiger partial charge in [-0.25, -0.2) is 4.98 Å². The maximum atomic E-state index is 12.6. The lowest BCUT2D eigenvalue weighted by atomic mass is 10.1. The molecule has 0 spiro atoms. The van der Waals surface area contributed by atoms with Crippen molar-refractivity contribution in [2.75, 3.05) is 26.2 Å². The molecular formula is C17H21N5O3. The van der Waals surface area contributed by atoms with Gasteiger partial charge in [-0.15, -0.1) is 0 Å². The molecule has 2 aromatic heterocycles. The summed E-state index contributed by atoms with van der Waals surface area (Å²) in [4.78, 5) is 24.9. The maximum Gasteiger partial charge on any atom is 0.274 e. The van der Waals surface area contributed by atoms with E-state index in [0.717, 1.165) is 30.1 Å². The number of ether oxygens (including phenoxy) is 1. The number of hydrogen-bond donors (Lipinski definition) is 0. The Hall–Kier alpha value is -2.32. The molecule has 0 N–H and O–H groups in total. The molecule has 2 aromatic rings. The van der Waals surface area contributed by atoms with E-state index in [1.165, 1.54) is 12.4 Å². The lowest BCUT2D eigenvalue weighted by Gasteiger charge is -2.36. The number of aromatic nitrogens is 3. The zero-order valence-corrected chi connectivity index (χ0v) is 14.4. The van der Waals surface area contributed by atoms with Gasteiger partial charge in [0.2, 0.25) is 0 Å². The molecule has 0 bridgehead atoms. The Balaban J connectivity index is 1.49. The fraction of sp³-hybridized carbons (Fsp3) is 0.529. The van der Waals surface area contributed by atoms with Gasteiger partial charge in [0.05, 0.1) is 30.6 Å². The molecule has 2 saturated heterocycles. The summed E-state index contributed by atoms with van der Waals surface area (Å²) in [5.74, 6) is 0.759. The molecule has 0 aromatic carbocycles. The summed E-state index contributed by atoms with van der Waals surface area (Å²) in [6.45, 7) is 7.37. The van der Waals surface area contributed by atoms with E-state index >= 15 is 0 Å². The Morgan fingerprint density at radius 3 is 2.92 bits per heavy atom. The lowest BCUT2D eigenvalue weighted by molar-refractivity contribution is -0.0505. The van der Waals surface area contributed by atoms with E-state index in [0.29, 0.717) is 25.4 Å². The molecule has 0 aliphatic carbocycles. The first kappa shape index (κ1) is 16.2. The zero-order valence-electron chi connectivity index (χ0n) is 14.4. The van der Waals surface area contributed by atoms with Crippen LogP contribution < -0.4 is 0 Å². The molecule has 2 atom stereocenters. The van der Waals surface area contributed by atoms with Crippen molar-refractivity contribution in [3.8, 4) is 0 Å². The Labute approximate surface area is 145 Å². The van der Waals surface area contributed by atoms with Crippen LogP contribution in [0.25, 0.3) is 0 Å². The first-order valence-corrected chi connectivity index (χ1v) is 8.46. The number of morpholine rings is 1. The minimum atomic E-state index is -0.0941. The highest BCUT2D eigenvalue weighted by Gasteiger charge is 2.42. The number of likely N-dealkylation sites (tertiary alicyclic amines) is 1. The van der Waals surface area contributed by atoms with E-state index < -0.39 is 0 Å². The highest BCUT2D eigenvalue weighted by Crippen LogP contribution is 2.26. The molecule has 2 aliphatic rings. The van der Waals surface area contributed by atoms with Crippen molar-refractivity contribution in [2.45, 2.75) is 32.5 Å². The van der Waals surface area contributed by atoms with Crippen molar-refractivity contribution in [2.24, 2.45) is 0 Å². The fourth-order valence-electron chi connectivity index (χ4n) is 3.62. The second-order valence-electron chi connectivity index (χ2n) is 6.55. The highest BCUT2D eigenvalue weighted by molar-refractivity contribution is 5.92. The third-order valence-electron chi connectivity index (χ3n) is 5.03. The number of carbonyl (C=O) groups is 1. The Kier molecular flexibility index (Phi) is 4.22. The van der Waals surface area contributed by atoms with Gasteiger partial charge in [-0.2, -0.15) is 0 Å². The van der Waals surface area contributed by atoms with Gasteiger partial charge in [-0.3, -0.25) is 14.7 Å². The van der Waals surface area contributed by atoms with Gasteiger partial charge in [-0.05, 0) is 13.8 Å². The third-order valence-corrected chi connectivity index (χ3v) is 5.03. The molecular weight excluding hydrogens is 322 g/mol. The molecule has 4 heterocycles. The minimum Gasteiger partial charge on any atom is -0.373 e. The number of rotatable bonds is 3. The van der Waals surface area contributed by atoms with E-state index in [-0.39, 0.29) is 18.1 Å². The van der Waals surface area contributed by atoms with Crippen molar-refractivity contribution in [1.29, 1.82) is 0 Å². The number of amides is 1. The van der Waals surface area contributed by atoms with Crippen LogP contribution in [0.5, 0.6) is 0 Å². The maximum absolute atomic E-state index is 12.6. The van der Waals surface area contributed by atoms with Crippen molar-refractivity contribution in [3.05, 3.63) is 41.3 Å². The summed E-state index contributed by atoms with van der Waals surface area (Å²) in [5.41, 5.74) is 2.42. The fourth-order valence-corrected chi connectivity index (χ4v) is 3.62. The van der Waals surface area contributed by atoms with E-state index in [1.54, 1.807) is 6.20 Å². The second kappa shape index (κ2) is 6.53. The minimum absolute atomic E-state index is 0.0230. The van der Waals surface area contributed by atoms with Crippen LogP contribution in [0.1, 0.15) is 27.5 Å². The van der Waals surface area contributed by atoms with E-state index in [4.69, 9.17) is 9.26 Å². The Morgan fingerprint density at radius 2 is 2.20 bits per heavy atom. The topological polar surface area (TPSA) is 84.6 Å². The van der Waals surface area contributed by atoms with Gasteiger partial charge in [0, 0.05) is 44.1 Å². The van der Waals surface area contributed by atoms with Crippen molar-refractivity contribution in [1.82, 2.24) is 24.9 Å². The summed E-state index contributed by atoms with van der Waals surface area (Å²) in [5, 5.41) is 4.04.